The topological polar surface area (TPSA) is 117 Å². The van der Waals surface area contributed by atoms with Crippen molar-refractivity contribution in [3.05, 3.63) is 105 Å². The Bertz CT molecular complexity index is 1650. The standard InChI is InChI=1S/C23H13F2N5O4S/c24-14-8-9-19(17(25)11-14)29-22(31)16-6-1-2-7-18(16)26-23(29)35-12-20-27-21(28-34-20)13-4-3-5-15(10-13)30(32)33/h1-11H,12H2. The first-order valence-electron chi connectivity index (χ1n) is 10.1. The second-order valence-corrected chi connectivity index (χ2v) is 8.20. The summed E-state index contributed by atoms with van der Waals surface area (Å²) in [5, 5.41) is 15.3. The Kier molecular flexibility index (Phi) is 5.79. The fourth-order valence-electron chi connectivity index (χ4n) is 3.40. The molecule has 35 heavy (non-hydrogen) atoms. The molecule has 0 bridgehead atoms. The van der Waals surface area contributed by atoms with E-state index in [1.54, 1.807) is 30.3 Å². The van der Waals surface area contributed by atoms with Gasteiger partial charge in [-0.3, -0.25) is 19.5 Å². The zero-order valence-corrected chi connectivity index (χ0v) is 18.4. The number of para-hydroxylation sites is 1. The maximum atomic E-state index is 14.6. The van der Waals surface area contributed by atoms with Gasteiger partial charge in [0, 0.05) is 23.8 Å². The zero-order valence-electron chi connectivity index (χ0n) is 17.6. The minimum Gasteiger partial charge on any atom is -0.338 e. The molecule has 2 heterocycles. The Morgan fingerprint density at radius 1 is 1.03 bits per heavy atom. The normalized spacial score (nSPS) is 11.1. The third kappa shape index (κ3) is 4.38. The quantitative estimate of drug-likeness (QED) is 0.142. The minimum atomic E-state index is -0.920. The van der Waals surface area contributed by atoms with Gasteiger partial charge in [-0.25, -0.2) is 13.8 Å². The number of fused-ring (bicyclic) bond motifs is 1. The Balaban J connectivity index is 1.51. The third-order valence-corrected chi connectivity index (χ3v) is 5.93. The van der Waals surface area contributed by atoms with Gasteiger partial charge in [0.2, 0.25) is 11.7 Å². The second-order valence-electron chi connectivity index (χ2n) is 7.26. The summed E-state index contributed by atoms with van der Waals surface area (Å²) in [6, 6.07) is 15.3. The first-order valence-corrected chi connectivity index (χ1v) is 11.1. The van der Waals surface area contributed by atoms with Gasteiger partial charge in [-0.05, 0) is 24.3 Å². The van der Waals surface area contributed by atoms with Crippen molar-refractivity contribution in [3.8, 4) is 17.1 Å². The molecule has 0 spiro atoms. The molecular formula is C23H13F2N5O4S. The monoisotopic (exact) mass is 493 g/mol. The SMILES string of the molecule is O=c1c2ccccc2nc(SCc2nc(-c3cccc([N+](=O)[O-])c3)no2)n1-c1ccc(F)cc1F. The van der Waals surface area contributed by atoms with Crippen LogP contribution in [0.25, 0.3) is 28.0 Å². The summed E-state index contributed by atoms with van der Waals surface area (Å²) in [6.45, 7) is 0. The van der Waals surface area contributed by atoms with Gasteiger partial charge in [0.15, 0.2) is 5.16 Å². The second kappa shape index (κ2) is 9.06. The lowest BCUT2D eigenvalue weighted by molar-refractivity contribution is -0.384. The number of benzene rings is 3. The summed E-state index contributed by atoms with van der Waals surface area (Å²) in [7, 11) is 0. The van der Waals surface area contributed by atoms with Crippen LogP contribution in [0.3, 0.4) is 0 Å². The number of hydrogen-bond donors (Lipinski definition) is 0. The summed E-state index contributed by atoms with van der Waals surface area (Å²) in [4.78, 5) is 32.4. The van der Waals surface area contributed by atoms with Crippen molar-refractivity contribution >= 4 is 28.4 Å². The average Bonchev–Trinajstić information content (AvgIpc) is 3.33. The van der Waals surface area contributed by atoms with Crippen LogP contribution >= 0.6 is 11.8 Å². The van der Waals surface area contributed by atoms with E-state index in [0.29, 0.717) is 17.1 Å². The van der Waals surface area contributed by atoms with Crippen molar-refractivity contribution < 1.29 is 18.2 Å². The highest BCUT2D eigenvalue weighted by molar-refractivity contribution is 7.98. The Labute approximate surface area is 199 Å². The van der Waals surface area contributed by atoms with Gasteiger partial charge in [0.1, 0.15) is 11.6 Å². The van der Waals surface area contributed by atoms with E-state index >= 15 is 0 Å². The van der Waals surface area contributed by atoms with Gasteiger partial charge in [0.05, 0.1) is 27.3 Å². The van der Waals surface area contributed by atoms with Crippen LogP contribution in [0.2, 0.25) is 0 Å². The molecule has 0 saturated heterocycles. The molecule has 0 aliphatic heterocycles. The summed E-state index contributed by atoms with van der Waals surface area (Å²) in [5.74, 6) is -1.32. The molecule has 5 aromatic rings. The van der Waals surface area contributed by atoms with Crippen molar-refractivity contribution in [2.75, 3.05) is 0 Å². The van der Waals surface area contributed by atoms with Gasteiger partial charge < -0.3 is 4.52 Å². The van der Waals surface area contributed by atoms with Crippen LogP contribution in [-0.2, 0) is 5.75 Å². The first-order chi connectivity index (χ1) is 16.9. The van der Waals surface area contributed by atoms with E-state index in [9.17, 15) is 23.7 Å². The molecule has 0 saturated carbocycles. The van der Waals surface area contributed by atoms with E-state index in [0.717, 1.165) is 22.4 Å². The van der Waals surface area contributed by atoms with E-state index in [4.69, 9.17) is 4.52 Å². The number of aromatic nitrogens is 4. The van der Waals surface area contributed by atoms with Crippen LogP contribution in [-0.4, -0.2) is 24.6 Å². The summed E-state index contributed by atoms with van der Waals surface area (Å²) in [5.41, 5.74) is 0.00947. The lowest BCUT2D eigenvalue weighted by Crippen LogP contribution is -2.22. The minimum absolute atomic E-state index is 0.0650. The lowest BCUT2D eigenvalue weighted by atomic mass is 10.2. The summed E-state index contributed by atoms with van der Waals surface area (Å²) in [6.07, 6.45) is 0. The van der Waals surface area contributed by atoms with E-state index in [1.807, 2.05) is 0 Å². The zero-order chi connectivity index (χ0) is 24.5. The molecule has 5 rings (SSSR count). The van der Waals surface area contributed by atoms with Gasteiger partial charge >= 0.3 is 0 Å². The average molecular weight is 493 g/mol. The van der Waals surface area contributed by atoms with Gasteiger partial charge in [0.25, 0.3) is 11.2 Å². The number of non-ortho nitro benzene ring substituents is 1. The van der Waals surface area contributed by atoms with Gasteiger partial charge in [-0.15, -0.1) is 0 Å². The molecule has 0 fully saturated rings. The summed E-state index contributed by atoms with van der Waals surface area (Å²) >= 11 is 1.04. The van der Waals surface area contributed by atoms with E-state index in [2.05, 4.69) is 15.1 Å². The molecule has 3 aromatic carbocycles. The smallest absolute Gasteiger partial charge is 0.270 e. The highest BCUT2D eigenvalue weighted by Crippen LogP contribution is 2.27. The molecule has 0 amide bonds. The number of halogens is 2. The number of hydrogen-bond acceptors (Lipinski definition) is 8. The number of nitro benzene ring substituents is 1. The molecule has 0 radical (unpaired) electrons. The fourth-order valence-corrected chi connectivity index (χ4v) is 4.24. The largest absolute Gasteiger partial charge is 0.338 e. The first kappa shape index (κ1) is 22.3. The van der Waals surface area contributed by atoms with E-state index < -0.39 is 22.1 Å². The molecule has 0 aliphatic carbocycles. The highest BCUT2D eigenvalue weighted by atomic mass is 32.2. The molecule has 0 atom stereocenters. The van der Waals surface area contributed by atoms with E-state index in [-0.39, 0.29) is 39.4 Å². The molecule has 12 heteroatoms. The Hall–Kier alpha value is -4.45. The molecule has 0 unspecified atom stereocenters. The van der Waals surface area contributed by atoms with Gasteiger partial charge in [-0.2, -0.15) is 4.98 Å². The number of nitro groups is 1. The van der Waals surface area contributed by atoms with E-state index in [1.165, 1.54) is 24.3 Å². The molecule has 2 aromatic heterocycles. The molecular weight excluding hydrogens is 480 g/mol. The van der Waals surface area contributed by atoms with Crippen molar-refractivity contribution in [2.24, 2.45) is 0 Å². The molecule has 0 aliphatic rings. The van der Waals surface area contributed by atoms with Crippen LogP contribution in [0.4, 0.5) is 14.5 Å². The van der Waals surface area contributed by atoms with Crippen molar-refractivity contribution in [1.29, 1.82) is 0 Å². The lowest BCUT2D eigenvalue weighted by Gasteiger charge is -2.13. The molecule has 174 valence electrons. The van der Waals surface area contributed by atoms with Crippen LogP contribution in [0, 0.1) is 21.7 Å². The van der Waals surface area contributed by atoms with Crippen LogP contribution in [0.5, 0.6) is 0 Å². The maximum absolute atomic E-state index is 14.6. The van der Waals surface area contributed by atoms with Crippen LogP contribution in [0.15, 0.2) is 81.2 Å². The van der Waals surface area contributed by atoms with Crippen LogP contribution < -0.4 is 5.56 Å². The van der Waals surface area contributed by atoms with Crippen molar-refractivity contribution in [3.63, 3.8) is 0 Å². The molecule has 0 N–H and O–H groups in total. The maximum Gasteiger partial charge on any atom is 0.270 e. The van der Waals surface area contributed by atoms with Crippen molar-refractivity contribution in [2.45, 2.75) is 10.9 Å². The fraction of sp³-hybridized carbons (Fsp3) is 0.0435. The van der Waals surface area contributed by atoms with Gasteiger partial charge in [-0.1, -0.05) is 41.2 Å². The summed E-state index contributed by atoms with van der Waals surface area (Å²) < 4.78 is 34.4. The number of rotatable bonds is 6. The third-order valence-electron chi connectivity index (χ3n) is 5.00. The van der Waals surface area contributed by atoms with Crippen molar-refractivity contribution in [1.82, 2.24) is 19.7 Å². The number of nitrogens with zero attached hydrogens (tertiary/aromatic N) is 5. The Morgan fingerprint density at radius 3 is 2.66 bits per heavy atom. The Morgan fingerprint density at radius 2 is 1.86 bits per heavy atom. The highest BCUT2D eigenvalue weighted by Gasteiger charge is 2.19. The molecule has 9 nitrogen and oxygen atoms in total. The number of thioether (sulfide) groups is 1. The predicted octanol–water partition coefficient (Wildman–Crippen LogP) is 4.91. The van der Waals surface area contributed by atoms with Crippen LogP contribution in [0.1, 0.15) is 5.89 Å². The predicted molar refractivity (Wildman–Crippen MR) is 123 cm³/mol.